The molecule has 1 aromatic carbocycles. The van der Waals surface area contributed by atoms with Gasteiger partial charge in [0.25, 0.3) is 0 Å². The van der Waals surface area contributed by atoms with E-state index in [1.54, 1.807) is 6.92 Å². The lowest BCUT2D eigenvalue weighted by Gasteiger charge is -2.17. The lowest BCUT2D eigenvalue weighted by atomic mass is 10.0. The Balaban J connectivity index is 2.19. The van der Waals surface area contributed by atoms with Crippen LogP contribution in [0.3, 0.4) is 0 Å². The maximum absolute atomic E-state index is 13.1. The van der Waals surface area contributed by atoms with Crippen LogP contribution in [0.15, 0.2) is 12.1 Å². The highest BCUT2D eigenvalue weighted by Gasteiger charge is 2.28. The molecule has 1 aliphatic heterocycles. The molecule has 0 amide bonds. The molecule has 5 heteroatoms. The van der Waals surface area contributed by atoms with Crippen molar-refractivity contribution in [1.82, 2.24) is 5.32 Å². The minimum absolute atomic E-state index is 0.0869. The number of hydrogen-bond donors (Lipinski definition) is 2. The summed E-state index contributed by atoms with van der Waals surface area (Å²) in [6.07, 6.45) is 0.874. The van der Waals surface area contributed by atoms with Gasteiger partial charge in [-0.2, -0.15) is 0 Å². The predicted molar refractivity (Wildman–Crippen MR) is 56.9 cm³/mol. The van der Waals surface area contributed by atoms with Crippen LogP contribution in [-0.2, 0) is 0 Å². The van der Waals surface area contributed by atoms with Crippen LogP contribution < -0.4 is 5.32 Å². The molecule has 1 saturated heterocycles. The molecule has 2 N–H and O–H groups in total. The van der Waals surface area contributed by atoms with Gasteiger partial charge in [-0.25, -0.2) is 13.2 Å². The molecule has 0 aliphatic carbocycles. The molecule has 0 saturated carbocycles. The Morgan fingerprint density at radius 2 is 1.82 bits per heavy atom. The van der Waals surface area contributed by atoms with Gasteiger partial charge in [-0.15, -0.1) is 0 Å². The molecule has 1 heterocycles. The Hall–Kier alpha value is -1.07. The van der Waals surface area contributed by atoms with Crippen molar-refractivity contribution >= 4 is 0 Å². The van der Waals surface area contributed by atoms with Crippen LogP contribution in [0.1, 0.15) is 31.4 Å². The van der Waals surface area contributed by atoms with Crippen molar-refractivity contribution < 1.29 is 18.3 Å². The van der Waals surface area contributed by atoms with E-state index >= 15 is 0 Å². The van der Waals surface area contributed by atoms with Gasteiger partial charge in [0, 0.05) is 12.1 Å². The molecular formula is C12H14F3NO. The van der Waals surface area contributed by atoms with Gasteiger partial charge in [0.15, 0.2) is 17.5 Å². The fourth-order valence-electron chi connectivity index (χ4n) is 2.19. The fraction of sp³-hybridized carbons (Fsp3) is 0.500. The first-order chi connectivity index (χ1) is 7.99. The smallest absolute Gasteiger partial charge is 0.194 e. The molecule has 2 rings (SSSR count). The number of aliphatic hydroxyl groups excluding tert-OH is 1. The summed E-state index contributed by atoms with van der Waals surface area (Å²) in [4.78, 5) is 0. The first kappa shape index (κ1) is 12.4. The van der Waals surface area contributed by atoms with Crippen LogP contribution in [0.2, 0.25) is 0 Å². The van der Waals surface area contributed by atoms with Gasteiger partial charge in [0.2, 0.25) is 0 Å². The minimum atomic E-state index is -1.45. The summed E-state index contributed by atoms with van der Waals surface area (Å²) in [5, 5.41) is 12.5. The lowest BCUT2D eigenvalue weighted by Crippen LogP contribution is -2.33. The molecule has 0 radical (unpaired) electrons. The Morgan fingerprint density at radius 3 is 2.29 bits per heavy atom. The van der Waals surface area contributed by atoms with E-state index < -0.39 is 23.6 Å². The Labute approximate surface area is 97.5 Å². The molecule has 2 nitrogen and oxygen atoms in total. The molecule has 3 atom stereocenters. The van der Waals surface area contributed by atoms with Crippen LogP contribution in [0.5, 0.6) is 0 Å². The molecule has 0 bridgehead atoms. The second-order valence-electron chi connectivity index (χ2n) is 4.44. The summed E-state index contributed by atoms with van der Waals surface area (Å²) in [5.41, 5.74) is 0.379. The number of benzene rings is 1. The van der Waals surface area contributed by atoms with Crippen molar-refractivity contribution in [1.29, 1.82) is 0 Å². The quantitative estimate of drug-likeness (QED) is 0.783. The average molecular weight is 245 g/mol. The third kappa shape index (κ3) is 2.45. The Morgan fingerprint density at radius 1 is 1.24 bits per heavy atom. The second-order valence-corrected chi connectivity index (χ2v) is 4.44. The van der Waals surface area contributed by atoms with Gasteiger partial charge in [-0.3, -0.25) is 0 Å². The number of nitrogens with one attached hydrogen (secondary N) is 1. The fourth-order valence-corrected chi connectivity index (χ4v) is 2.19. The zero-order valence-corrected chi connectivity index (χ0v) is 9.38. The van der Waals surface area contributed by atoms with Crippen molar-refractivity contribution in [2.24, 2.45) is 0 Å². The van der Waals surface area contributed by atoms with E-state index in [2.05, 4.69) is 5.32 Å². The molecule has 1 aromatic rings. The third-order valence-corrected chi connectivity index (χ3v) is 3.17. The van der Waals surface area contributed by atoms with Crippen LogP contribution in [0, 0.1) is 17.5 Å². The van der Waals surface area contributed by atoms with Crippen molar-refractivity contribution in [2.45, 2.75) is 38.0 Å². The largest absolute Gasteiger partial charge is 0.392 e. The number of halogens is 3. The van der Waals surface area contributed by atoms with Gasteiger partial charge >= 0.3 is 0 Å². The third-order valence-electron chi connectivity index (χ3n) is 3.17. The van der Waals surface area contributed by atoms with E-state index in [1.807, 2.05) is 0 Å². The maximum atomic E-state index is 13.1. The Kier molecular flexibility index (Phi) is 3.40. The average Bonchev–Trinajstić information content (AvgIpc) is 2.74. The summed E-state index contributed by atoms with van der Waals surface area (Å²) >= 11 is 0. The van der Waals surface area contributed by atoms with E-state index in [9.17, 15) is 18.3 Å². The summed E-state index contributed by atoms with van der Waals surface area (Å²) in [5.74, 6) is -3.80. The Bertz CT molecular complexity index is 399. The highest BCUT2D eigenvalue weighted by atomic mass is 19.2. The monoisotopic (exact) mass is 245 g/mol. The number of rotatable bonds is 2. The van der Waals surface area contributed by atoms with Crippen molar-refractivity contribution in [3.05, 3.63) is 35.1 Å². The molecule has 0 aromatic heterocycles. The van der Waals surface area contributed by atoms with Crippen molar-refractivity contribution in [2.75, 3.05) is 0 Å². The van der Waals surface area contributed by atoms with Crippen LogP contribution >= 0.6 is 0 Å². The summed E-state index contributed by atoms with van der Waals surface area (Å²) in [7, 11) is 0. The lowest BCUT2D eigenvalue weighted by molar-refractivity contribution is 0.152. The van der Waals surface area contributed by atoms with Crippen LogP contribution in [-0.4, -0.2) is 17.3 Å². The first-order valence-electron chi connectivity index (χ1n) is 5.57. The highest BCUT2D eigenvalue weighted by molar-refractivity contribution is 5.23. The molecule has 1 aliphatic rings. The molecular weight excluding hydrogens is 231 g/mol. The van der Waals surface area contributed by atoms with E-state index in [1.165, 1.54) is 0 Å². The number of hydrogen-bond acceptors (Lipinski definition) is 2. The summed E-state index contributed by atoms with van der Waals surface area (Å²) < 4.78 is 38.9. The molecule has 0 spiro atoms. The zero-order chi connectivity index (χ0) is 12.6. The van der Waals surface area contributed by atoms with Gasteiger partial charge in [-0.05, 0) is 37.5 Å². The highest BCUT2D eigenvalue weighted by Crippen LogP contribution is 2.29. The SMILES string of the molecule is C[C@@H](O)C1CCC(c2cc(F)c(F)c(F)c2)N1. The van der Waals surface area contributed by atoms with E-state index in [0.717, 1.165) is 18.6 Å². The zero-order valence-electron chi connectivity index (χ0n) is 9.38. The van der Waals surface area contributed by atoms with Gasteiger partial charge in [0.05, 0.1) is 6.10 Å². The predicted octanol–water partition coefficient (Wildman–Crippen LogP) is 2.28. The minimum Gasteiger partial charge on any atom is -0.392 e. The van der Waals surface area contributed by atoms with Crippen LogP contribution in [0.4, 0.5) is 13.2 Å². The molecule has 2 unspecified atom stereocenters. The summed E-state index contributed by atoms with van der Waals surface area (Å²) in [6, 6.07) is 1.68. The molecule has 1 fully saturated rings. The van der Waals surface area contributed by atoms with Crippen molar-refractivity contribution in [3.63, 3.8) is 0 Å². The first-order valence-corrected chi connectivity index (χ1v) is 5.57. The molecule has 94 valence electrons. The second kappa shape index (κ2) is 4.66. The normalized spacial score (nSPS) is 26.2. The van der Waals surface area contributed by atoms with Crippen molar-refractivity contribution in [3.8, 4) is 0 Å². The van der Waals surface area contributed by atoms with Gasteiger partial charge in [0.1, 0.15) is 0 Å². The van der Waals surface area contributed by atoms with Crippen LogP contribution in [0.25, 0.3) is 0 Å². The van der Waals surface area contributed by atoms with E-state index in [-0.39, 0.29) is 12.1 Å². The van der Waals surface area contributed by atoms with Gasteiger partial charge < -0.3 is 10.4 Å². The topological polar surface area (TPSA) is 32.3 Å². The van der Waals surface area contributed by atoms with E-state index in [0.29, 0.717) is 12.0 Å². The maximum Gasteiger partial charge on any atom is 0.194 e. The van der Waals surface area contributed by atoms with Gasteiger partial charge in [-0.1, -0.05) is 0 Å². The molecule has 17 heavy (non-hydrogen) atoms. The standard InChI is InChI=1S/C12H14F3NO/c1-6(17)10-2-3-11(16-10)7-4-8(13)12(15)9(14)5-7/h4-6,10-11,16-17H,2-3H2,1H3/t6-,10?,11?/m1/s1. The number of aliphatic hydroxyl groups is 1. The summed E-state index contributed by atoms with van der Waals surface area (Å²) in [6.45, 7) is 1.66. The van der Waals surface area contributed by atoms with E-state index in [4.69, 9.17) is 0 Å².